The number of esters is 1. The van der Waals surface area contributed by atoms with Crippen LogP contribution < -0.4 is 0 Å². The van der Waals surface area contributed by atoms with Crippen molar-refractivity contribution in [2.24, 2.45) is 0 Å². The normalized spacial score (nSPS) is 11.8. The van der Waals surface area contributed by atoms with Gasteiger partial charge in [-0.25, -0.2) is 0 Å². The maximum absolute atomic E-state index is 12.4. The van der Waals surface area contributed by atoms with E-state index in [-0.39, 0.29) is 24.3 Å². The molecule has 0 aliphatic carbocycles. The predicted molar refractivity (Wildman–Crippen MR) is 83.3 cm³/mol. The number of hydrogen-bond acceptors (Lipinski definition) is 3. The average Bonchev–Trinajstić information content (AvgIpc) is 2.49. The SMILES string of the molecule is CCC(C)N(CCC(=O)OC)C(=O)Cc1ccc(Cl)cc1. The Balaban J connectivity index is 2.70. The molecule has 4 nitrogen and oxygen atoms in total. The van der Waals surface area contributed by atoms with Crippen LogP contribution in [-0.2, 0) is 20.7 Å². The molecule has 0 aromatic heterocycles. The molecule has 1 aromatic rings. The molecular formula is C16H22ClNO3. The molecule has 0 saturated heterocycles. The van der Waals surface area contributed by atoms with Gasteiger partial charge in [-0.3, -0.25) is 9.59 Å². The zero-order valence-corrected chi connectivity index (χ0v) is 13.5. The molecule has 0 spiro atoms. The van der Waals surface area contributed by atoms with Crippen molar-refractivity contribution in [1.82, 2.24) is 4.90 Å². The Morgan fingerprint density at radius 3 is 2.43 bits per heavy atom. The van der Waals surface area contributed by atoms with Crippen molar-refractivity contribution in [1.29, 1.82) is 0 Å². The summed E-state index contributed by atoms with van der Waals surface area (Å²) in [7, 11) is 1.35. The minimum Gasteiger partial charge on any atom is -0.469 e. The fourth-order valence-electron chi connectivity index (χ4n) is 2.00. The topological polar surface area (TPSA) is 46.6 Å². The molecule has 0 saturated carbocycles. The van der Waals surface area contributed by atoms with E-state index in [0.29, 0.717) is 18.0 Å². The number of hydrogen-bond donors (Lipinski definition) is 0. The summed E-state index contributed by atoms with van der Waals surface area (Å²) in [6.45, 7) is 4.39. The van der Waals surface area contributed by atoms with E-state index >= 15 is 0 Å². The first kappa shape index (κ1) is 17.5. The first-order valence-corrected chi connectivity index (χ1v) is 7.46. The van der Waals surface area contributed by atoms with Gasteiger partial charge < -0.3 is 9.64 Å². The van der Waals surface area contributed by atoms with Crippen molar-refractivity contribution in [2.45, 2.75) is 39.2 Å². The Labute approximate surface area is 131 Å². The highest BCUT2D eigenvalue weighted by Crippen LogP contribution is 2.13. The van der Waals surface area contributed by atoms with Crippen molar-refractivity contribution in [3.05, 3.63) is 34.9 Å². The molecule has 116 valence electrons. The van der Waals surface area contributed by atoms with Crippen LogP contribution in [0, 0.1) is 0 Å². The molecule has 1 unspecified atom stereocenters. The summed E-state index contributed by atoms with van der Waals surface area (Å²) < 4.78 is 4.63. The second kappa shape index (κ2) is 8.67. The third kappa shape index (κ3) is 5.76. The highest BCUT2D eigenvalue weighted by Gasteiger charge is 2.20. The molecule has 1 amide bonds. The lowest BCUT2D eigenvalue weighted by Gasteiger charge is -2.28. The smallest absolute Gasteiger partial charge is 0.307 e. The maximum atomic E-state index is 12.4. The quantitative estimate of drug-likeness (QED) is 0.727. The molecule has 21 heavy (non-hydrogen) atoms. The van der Waals surface area contributed by atoms with Crippen molar-refractivity contribution in [3.8, 4) is 0 Å². The fraction of sp³-hybridized carbons (Fsp3) is 0.500. The lowest BCUT2D eigenvalue weighted by atomic mass is 10.1. The number of benzene rings is 1. The number of carbonyl (C=O) groups excluding carboxylic acids is 2. The first-order valence-electron chi connectivity index (χ1n) is 7.08. The minimum atomic E-state index is -0.303. The molecule has 0 fully saturated rings. The Morgan fingerprint density at radius 2 is 1.90 bits per heavy atom. The predicted octanol–water partition coefficient (Wildman–Crippen LogP) is 3.07. The molecule has 1 rings (SSSR count). The van der Waals surface area contributed by atoms with E-state index in [2.05, 4.69) is 4.74 Å². The lowest BCUT2D eigenvalue weighted by Crippen LogP contribution is -2.40. The highest BCUT2D eigenvalue weighted by atomic mass is 35.5. The van der Waals surface area contributed by atoms with Gasteiger partial charge in [0.1, 0.15) is 0 Å². The van der Waals surface area contributed by atoms with Gasteiger partial charge >= 0.3 is 5.97 Å². The van der Waals surface area contributed by atoms with Crippen LogP contribution >= 0.6 is 11.6 Å². The summed E-state index contributed by atoms with van der Waals surface area (Å²) in [6, 6.07) is 7.32. The van der Waals surface area contributed by atoms with E-state index in [4.69, 9.17) is 11.6 Å². The van der Waals surface area contributed by atoms with Gasteiger partial charge in [0.25, 0.3) is 0 Å². The summed E-state index contributed by atoms with van der Waals surface area (Å²) in [4.78, 5) is 25.5. The molecule has 0 N–H and O–H groups in total. The number of halogens is 1. The van der Waals surface area contributed by atoms with Gasteiger partial charge in [0.15, 0.2) is 0 Å². The maximum Gasteiger partial charge on any atom is 0.307 e. The summed E-state index contributed by atoms with van der Waals surface area (Å²) in [6.07, 6.45) is 1.36. The monoisotopic (exact) mass is 311 g/mol. The average molecular weight is 312 g/mol. The van der Waals surface area contributed by atoms with E-state index in [1.54, 1.807) is 17.0 Å². The Morgan fingerprint density at radius 1 is 1.29 bits per heavy atom. The summed E-state index contributed by atoms with van der Waals surface area (Å²) in [5.41, 5.74) is 0.913. The van der Waals surface area contributed by atoms with Gasteiger partial charge in [-0.05, 0) is 31.0 Å². The summed E-state index contributed by atoms with van der Waals surface area (Å²) in [5, 5.41) is 0.649. The van der Waals surface area contributed by atoms with Crippen LogP contribution in [0.25, 0.3) is 0 Å². The van der Waals surface area contributed by atoms with E-state index in [9.17, 15) is 9.59 Å². The van der Waals surface area contributed by atoms with Crippen LogP contribution in [0.15, 0.2) is 24.3 Å². The second-order valence-electron chi connectivity index (χ2n) is 4.97. The number of amides is 1. The zero-order chi connectivity index (χ0) is 15.8. The highest BCUT2D eigenvalue weighted by molar-refractivity contribution is 6.30. The zero-order valence-electron chi connectivity index (χ0n) is 12.8. The van der Waals surface area contributed by atoms with Gasteiger partial charge in [-0.1, -0.05) is 30.7 Å². The molecule has 0 heterocycles. The number of methoxy groups -OCH3 is 1. The molecule has 0 aliphatic rings. The van der Waals surface area contributed by atoms with Crippen LogP contribution in [-0.4, -0.2) is 36.5 Å². The Bertz CT molecular complexity index is 473. The molecule has 5 heteroatoms. The van der Waals surface area contributed by atoms with Crippen molar-refractivity contribution in [2.75, 3.05) is 13.7 Å². The standard InChI is InChI=1S/C16H22ClNO3/c1-4-12(2)18(10-9-16(20)21-3)15(19)11-13-5-7-14(17)8-6-13/h5-8,12H,4,9-11H2,1-3H3. The van der Waals surface area contributed by atoms with Crippen LogP contribution in [0.2, 0.25) is 5.02 Å². The minimum absolute atomic E-state index is 0.00979. The van der Waals surface area contributed by atoms with Crippen LogP contribution in [0.5, 0.6) is 0 Å². The molecule has 0 bridgehead atoms. The van der Waals surface area contributed by atoms with Crippen LogP contribution in [0.1, 0.15) is 32.3 Å². The van der Waals surface area contributed by atoms with Gasteiger partial charge in [0, 0.05) is 17.6 Å². The molecule has 0 radical (unpaired) electrons. The van der Waals surface area contributed by atoms with E-state index in [1.807, 2.05) is 26.0 Å². The molecule has 1 aromatic carbocycles. The largest absolute Gasteiger partial charge is 0.469 e. The van der Waals surface area contributed by atoms with Gasteiger partial charge in [0.2, 0.25) is 5.91 Å². The summed E-state index contributed by atoms with van der Waals surface area (Å²) >= 11 is 5.84. The van der Waals surface area contributed by atoms with E-state index < -0.39 is 0 Å². The Hall–Kier alpha value is -1.55. The Kier molecular flexibility index (Phi) is 7.23. The van der Waals surface area contributed by atoms with E-state index in [1.165, 1.54) is 7.11 Å². The van der Waals surface area contributed by atoms with Crippen molar-refractivity contribution >= 4 is 23.5 Å². The number of carbonyl (C=O) groups is 2. The second-order valence-corrected chi connectivity index (χ2v) is 5.41. The van der Waals surface area contributed by atoms with Gasteiger partial charge in [-0.2, -0.15) is 0 Å². The number of rotatable bonds is 7. The first-order chi connectivity index (χ1) is 9.97. The van der Waals surface area contributed by atoms with Crippen molar-refractivity contribution in [3.63, 3.8) is 0 Å². The van der Waals surface area contributed by atoms with E-state index in [0.717, 1.165) is 12.0 Å². The van der Waals surface area contributed by atoms with Crippen LogP contribution in [0.3, 0.4) is 0 Å². The number of nitrogens with zero attached hydrogens (tertiary/aromatic N) is 1. The third-order valence-electron chi connectivity index (χ3n) is 3.50. The van der Waals surface area contributed by atoms with Crippen LogP contribution in [0.4, 0.5) is 0 Å². The molecule has 1 atom stereocenters. The molecule has 0 aliphatic heterocycles. The molecular weight excluding hydrogens is 290 g/mol. The number of ether oxygens (including phenoxy) is 1. The lowest BCUT2D eigenvalue weighted by molar-refractivity contribution is -0.142. The summed E-state index contributed by atoms with van der Waals surface area (Å²) in [5.74, 6) is -0.293. The third-order valence-corrected chi connectivity index (χ3v) is 3.75. The van der Waals surface area contributed by atoms with Gasteiger partial charge in [-0.15, -0.1) is 0 Å². The van der Waals surface area contributed by atoms with Crippen molar-refractivity contribution < 1.29 is 14.3 Å². The van der Waals surface area contributed by atoms with Gasteiger partial charge in [0.05, 0.1) is 20.0 Å². The fourth-order valence-corrected chi connectivity index (χ4v) is 2.13.